The van der Waals surface area contributed by atoms with Crippen LogP contribution in [0.5, 0.6) is 5.75 Å². The maximum Gasteiger partial charge on any atom is 0.387 e. The van der Waals surface area contributed by atoms with Crippen LogP contribution >= 0.6 is 0 Å². The molecule has 0 bridgehead atoms. The van der Waals surface area contributed by atoms with Crippen LogP contribution in [0.1, 0.15) is 18.4 Å². The second kappa shape index (κ2) is 8.57. The van der Waals surface area contributed by atoms with Gasteiger partial charge in [-0.05, 0) is 36.6 Å². The molecule has 138 valence electrons. The maximum atomic E-state index is 12.1. The van der Waals surface area contributed by atoms with Gasteiger partial charge in [-0.1, -0.05) is 12.1 Å². The Morgan fingerprint density at radius 3 is 2.92 bits per heavy atom. The minimum atomic E-state index is -2.86. The maximum absolute atomic E-state index is 12.1. The number of aromatic nitrogens is 2. The number of amides is 1. The highest BCUT2D eigenvalue weighted by atomic mass is 19.3. The van der Waals surface area contributed by atoms with Gasteiger partial charge in [0.1, 0.15) is 5.75 Å². The van der Waals surface area contributed by atoms with Gasteiger partial charge >= 0.3 is 6.61 Å². The fourth-order valence-electron chi connectivity index (χ4n) is 2.64. The Labute approximate surface area is 149 Å². The molecule has 1 aromatic carbocycles. The molecule has 6 nitrogen and oxygen atoms in total. The van der Waals surface area contributed by atoms with Crippen molar-refractivity contribution < 1.29 is 23.0 Å². The molecule has 26 heavy (non-hydrogen) atoms. The van der Waals surface area contributed by atoms with E-state index in [2.05, 4.69) is 15.2 Å². The molecule has 1 aliphatic rings. The van der Waals surface area contributed by atoms with Crippen LogP contribution in [0, 0.1) is 0 Å². The molecule has 0 spiro atoms. The molecule has 1 fully saturated rings. The molecule has 1 N–H and O–H groups in total. The second-order valence-corrected chi connectivity index (χ2v) is 5.86. The van der Waals surface area contributed by atoms with Gasteiger partial charge in [-0.15, -0.1) is 0 Å². The number of hydrogen-bond donors (Lipinski definition) is 1. The first-order valence-corrected chi connectivity index (χ1v) is 8.26. The average Bonchev–Trinajstić information content (AvgIpc) is 3.26. The molecule has 3 rings (SSSR count). The molecular weight excluding hydrogens is 344 g/mol. The van der Waals surface area contributed by atoms with Crippen molar-refractivity contribution in [2.45, 2.75) is 32.1 Å². The number of carbonyl (C=O) groups excluding carboxylic acids is 1. The molecule has 0 aliphatic carbocycles. The van der Waals surface area contributed by atoms with Crippen molar-refractivity contribution in [3.05, 3.63) is 48.3 Å². The third kappa shape index (κ3) is 5.38. The molecule has 1 saturated heterocycles. The zero-order valence-electron chi connectivity index (χ0n) is 14.0. The van der Waals surface area contributed by atoms with Gasteiger partial charge < -0.3 is 14.8 Å². The van der Waals surface area contributed by atoms with Gasteiger partial charge in [0.25, 0.3) is 0 Å². The number of alkyl halides is 2. The Kier molecular flexibility index (Phi) is 5.96. The van der Waals surface area contributed by atoms with E-state index in [1.54, 1.807) is 35.3 Å². The molecule has 1 aromatic heterocycles. The lowest BCUT2D eigenvalue weighted by Crippen LogP contribution is -2.15. The molecule has 2 heterocycles. The van der Waals surface area contributed by atoms with Crippen molar-refractivity contribution in [3.8, 4) is 5.75 Å². The number of anilines is 1. The first-order chi connectivity index (χ1) is 12.6. The third-order valence-electron chi connectivity index (χ3n) is 3.85. The summed E-state index contributed by atoms with van der Waals surface area (Å²) in [4.78, 5) is 12.0. The van der Waals surface area contributed by atoms with Crippen molar-refractivity contribution >= 4 is 17.7 Å². The summed E-state index contributed by atoms with van der Waals surface area (Å²) in [5.41, 5.74) is 1.29. The smallest absolute Gasteiger partial charge is 0.387 e. The number of halogens is 2. The molecule has 8 heteroatoms. The van der Waals surface area contributed by atoms with Crippen molar-refractivity contribution in [2.24, 2.45) is 0 Å². The summed E-state index contributed by atoms with van der Waals surface area (Å²) in [5, 5.41) is 6.93. The number of ether oxygens (including phenoxy) is 2. The van der Waals surface area contributed by atoms with E-state index in [1.807, 2.05) is 0 Å². The Hall–Kier alpha value is -2.74. The zero-order chi connectivity index (χ0) is 18.4. The number of nitrogens with zero attached hydrogens (tertiary/aromatic N) is 2. The minimum absolute atomic E-state index is 0.0697. The molecule has 2 aromatic rings. The van der Waals surface area contributed by atoms with Crippen molar-refractivity contribution in [1.29, 1.82) is 0 Å². The van der Waals surface area contributed by atoms with E-state index in [1.165, 1.54) is 18.2 Å². The van der Waals surface area contributed by atoms with E-state index in [0.717, 1.165) is 19.4 Å². The van der Waals surface area contributed by atoms with Crippen LogP contribution in [0.15, 0.2) is 42.7 Å². The van der Waals surface area contributed by atoms with Gasteiger partial charge in [-0.25, -0.2) is 0 Å². The molecule has 0 saturated carbocycles. The van der Waals surface area contributed by atoms with E-state index in [4.69, 9.17) is 4.74 Å². The summed E-state index contributed by atoms with van der Waals surface area (Å²) >= 11 is 0. The summed E-state index contributed by atoms with van der Waals surface area (Å²) < 4.78 is 35.8. The molecule has 1 amide bonds. The van der Waals surface area contributed by atoms with Gasteiger partial charge in [-0.2, -0.15) is 13.9 Å². The van der Waals surface area contributed by atoms with Crippen LogP contribution in [0.25, 0.3) is 6.08 Å². The van der Waals surface area contributed by atoms with Crippen molar-refractivity contribution in [2.75, 3.05) is 11.9 Å². The zero-order valence-corrected chi connectivity index (χ0v) is 14.0. The summed E-state index contributed by atoms with van der Waals surface area (Å²) in [6.07, 6.45) is 8.54. The average molecular weight is 363 g/mol. The number of benzene rings is 1. The van der Waals surface area contributed by atoms with Crippen LogP contribution < -0.4 is 10.1 Å². The highest BCUT2D eigenvalue weighted by molar-refractivity contribution is 6.01. The van der Waals surface area contributed by atoms with Crippen molar-refractivity contribution in [1.82, 2.24) is 9.78 Å². The Bertz CT molecular complexity index is 753. The van der Waals surface area contributed by atoms with Crippen LogP contribution in [0.2, 0.25) is 0 Å². The summed E-state index contributed by atoms with van der Waals surface area (Å²) in [5.74, 6) is -0.241. The van der Waals surface area contributed by atoms with E-state index < -0.39 is 6.61 Å². The fraction of sp³-hybridized carbons (Fsp3) is 0.333. The quantitative estimate of drug-likeness (QED) is 0.767. The van der Waals surface area contributed by atoms with Gasteiger partial charge in [0.2, 0.25) is 5.91 Å². The Balaban J connectivity index is 1.50. The Morgan fingerprint density at radius 2 is 2.23 bits per heavy atom. The van der Waals surface area contributed by atoms with E-state index >= 15 is 0 Å². The van der Waals surface area contributed by atoms with Gasteiger partial charge in [0.05, 0.1) is 24.5 Å². The first kappa shape index (κ1) is 18.1. The molecule has 0 radical (unpaired) electrons. The van der Waals surface area contributed by atoms with E-state index in [0.29, 0.717) is 17.8 Å². The predicted octanol–water partition coefficient (Wildman–Crippen LogP) is 3.32. The van der Waals surface area contributed by atoms with Crippen LogP contribution in [-0.4, -0.2) is 35.0 Å². The Morgan fingerprint density at radius 1 is 1.42 bits per heavy atom. The second-order valence-electron chi connectivity index (χ2n) is 5.86. The molecule has 1 aliphatic heterocycles. The largest absolute Gasteiger partial charge is 0.435 e. The van der Waals surface area contributed by atoms with Crippen LogP contribution in [0.4, 0.5) is 14.5 Å². The molecular formula is C18H19F2N3O3. The fourth-order valence-corrected chi connectivity index (χ4v) is 2.64. The highest BCUT2D eigenvalue weighted by Crippen LogP contribution is 2.16. The molecule has 1 unspecified atom stereocenters. The number of carbonyl (C=O) groups is 1. The lowest BCUT2D eigenvalue weighted by atomic mass is 10.2. The monoisotopic (exact) mass is 363 g/mol. The van der Waals surface area contributed by atoms with E-state index in [9.17, 15) is 13.6 Å². The number of nitrogens with one attached hydrogen (secondary N) is 1. The first-order valence-electron chi connectivity index (χ1n) is 8.26. The summed E-state index contributed by atoms with van der Waals surface area (Å²) in [6.45, 7) is -1.41. The highest BCUT2D eigenvalue weighted by Gasteiger charge is 2.16. The van der Waals surface area contributed by atoms with E-state index in [-0.39, 0.29) is 17.8 Å². The minimum Gasteiger partial charge on any atom is -0.435 e. The van der Waals surface area contributed by atoms with Crippen LogP contribution in [0.3, 0.4) is 0 Å². The van der Waals surface area contributed by atoms with Gasteiger partial charge in [0, 0.05) is 18.9 Å². The SMILES string of the molecule is O=C(/C=C/c1ccc(OC(F)F)cc1)Nc1cnn(CC2CCCO2)c1. The predicted molar refractivity (Wildman–Crippen MR) is 91.9 cm³/mol. The standard InChI is InChI=1S/C18H19F2N3O3/c19-18(20)26-15-6-3-13(4-7-15)5-8-17(24)22-14-10-21-23(11-14)12-16-2-1-9-25-16/h3-8,10-11,16,18H,1-2,9,12H2,(H,22,24)/b8-5+. The lowest BCUT2D eigenvalue weighted by Gasteiger charge is -2.08. The van der Waals surface area contributed by atoms with Crippen LogP contribution in [-0.2, 0) is 16.1 Å². The normalized spacial score (nSPS) is 17.1. The number of rotatable bonds is 7. The number of hydrogen-bond acceptors (Lipinski definition) is 4. The van der Waals surface area contributed by atoms with Gasteiger partial charge in [0.15, 0.2) is 0 Å². The summed E-state index contributed by atoms with van der Waals surface area (Å²) in [7, 11) is 0. The van der Waals surface area contributed by atoms with Gasteiger partial charge in [-0.3, -0.25) is 9.48 Å². The topological polar surface area (TPSA) is 65.4 Å². The third-order valence-corrected chi connectivity index (χ3v) is 3.85. The summed E-state index contributed by atoms with van der Waals surface area (Å²) in [6, 6.07) is 6.00. The lowest BCUT2D eigenvalue weighted by molar-refractivity contribution is -0.111. The molecule has 1 atom stereocenters. The van der Waals surface area contributed by atoms with Crippen molar-refractivity contribution in [3.63, 3.8) is 0 Å².